The Morgan fingerprint density at radius 2 is 1.78 bits per heavy atom. The fraction of sp³-hybridized carbons (Fsp3) is 0.600. The molecule has 1 aliphatic carbocycles. The van der Waals surface area contributed by atoms with Crippen molar-refractivity contribution in [2.24, 2.45) is 10.8 Å². The first kappa shape index (κ1) is 11.8. The molecular formula is C15H21NO2. The summed E-state index contributed by atoms with van der Waals surface area (Å²) in [4.78, 5) is 0. The van der Waals surface area contributed by atoms with E-state index in [1.807, 2.05) is 6.07 Å². The number of benzene rings is 1. The highest BCUT2D eigenvalue weighted by molar-refractivity contribution is 5.44. The van der Waals surface area contributed by atoms with Crippen molar-refractivity contribution in [2.45, 2.75) is 40.3 Å². The first-order valence-corrected chi connectivity index (χ1v) is 6.55. The Hall–Kier alpha value is -1.22. The second-order valence-corrected chi connectivity index (χ2v) is 6.44. The van der Waals surface area contributed by atoms with E-state index in [-0.39, 0.29) is 0 Å². The third kappa shape index (κ3) is 1.61. The summed E-state index contributed by atoms with van der Waals surface area (Å²) in [5, 5.41) is 3.65. The van der Waals surface area contributed by atoms with Crippen LogP contribution in [0.1, 0.15) is 33.3 Å². The highest BCUT2D eigenvalue weighted by Crippen LogP contribution is 2.62. The molecule has 3 heteroatoms. The Kier molecular flexibility index (Phi) is 2.39. The molecule has 0 amide bonds. The summed E-state index contributed by atoms with van der Waals surface area (Å²) in [5.74, 6) is 1.72. The maximum Gasteiger partial charge on any atom is 0.231 e. The van der Waals surface area contributed by atoms with Crippen LogP contribution in [0.4, 0.5) is 0 Å². The van der Waals surface area contributed by atoms with E-state index in [0.717, 1.165) is 18.0 Å². The van der Waals surface area contributed by atoms with E-state index in [2.05, 4.69) is 45.1 Å². The molecule has 0 saturated heterocycles. The minimum atomic E-state index is 0.342. The Bertz CT molecular complexity index is 465. The number of rotatable bonds is 3. The molecule has 0 aromatic heterocycles. The molecule has 0 bridgehead atoms. The number of fused-ring (bicyclic) bond motifs is 1. The SMILES string of the molecule is CC1(C)C(NCc2ccc3c(c2)OCO3)C1(C)C. The van der Waals surface area contributed by atoms with Crippen molar-refractivity contribution < 1.29 is 9.47 Å². The summed E-state index contributed by atoms with van der Waals surface area (Å²) >= 11 is 0. The molecule has 1 fully saturated rings. The van der Waals surface area contributed by atoms with Gasteiger partial charge in [0.25, 0.3) is 0 Å². The minimum absolute atomic E-state index is 0.342. The Morgan fingerprint density at radius 1 is 1.11 bits per heavy atom. The Morgan fingerprint density at radius 3 is 2.44 bits per heavy atom. The molecule has 18 heavy (non-hydrogen) atoms. The van der Waals surface area contributed by atoms with Gasteiger partial charge in [0.1, 0.15) is 0 Å². The van der Waals surface area contributed by atoms with Gasteiger partial charge in [-0.2, -0.15) is 0 Å². The molecule has 1 aromatic rings. The van der Waals surface area contributed by atoms with Crippen molar-refractivity contribution >= 4 is 0 Å². The van der Waals surface area contributed by atoms with E-state index < -0.39 is 0 Å². The summed E-state index contributed by atoms with van der Waals surface area (Å²) in [5.41, 5.74) is 2.00. The van der Waals surface area contributed by atoms with Crippen LogP contribution >= 0.6 is 0 Å². The van der Waals surface area contributed by atoms with E-state index in [4.69, 9.17) is 9.47 Å². The van der Waals surface area contributed by atoms with Crippen LogP contribution in [-0.2, 0) is 6.54 Å². The monoisotopic (exact) mass is 247 g/mol. The van der Waals surface area contributed by atoms with Gasteiger partial charge in [-0.3, -0.25) is 0 Å². The Balaban J connectivity index is 1.65. The molecular weight excluding hydrogens is 226 g/mol. The van der Waals surface area contributed by atoms with Gasteiger partial charge in [0.05, 0.1) is 0 Å². The van der Waals surface area contributed by atoms with Crippen molar-refractivity contribution in [3.8, 4) is 11.5 Å². The minimum Gasteiger partial charge on any atom is -0.454 e. The van der Waals surface area contributed by atoms with Crippen molar-refractivity contribution in [3.05, 3.63) is 23.8 Å². The van der Waals surface area contributed by atoms with Crippen molar-refractivity contribution in [3.63, 3.8) is 0 Å². The van der Waals surface area contributed by atoms with E-state index in [9.17, 15) is 0 Å². The highest BCUT2D eigenvalue weighted by Gasteiger charge is 2.64. The van der Waals surface area contributed by atoms with Gasteiger partial charge in [0.2, 0.25) is 6.79 Å². The van der Waals surface area contributed by atoms with Crippen molar-refractivity contribution in [1.29, 1.82) is 0 Å². The first-order chi connectivity index (χ1) is 8.43. The molecule has 0 unspecified atom stereocenters. The lowest BCUT2D eigenvalue weighted by Gasteiger charge is -2.07. The lowest BCUT2D eigenvalue weighted by Crippen LogP contribution is -2.21. The Labute approximate surface area is 108 Å². The third-order valence-corrected chi connectivity index (χ3v) is 4.97. The molecule has 1 saturated carbocycles. The van der Waals surface area contributed by atoms with Gasteiger partial charge in [-0.15, -0.1) is 0 Å². The summed E-state index contributed by atoms with van der Waals surface area (Å²) in [6.45, 7) is 10.5. The van der Waals surface area contributed by atoms with Crippen LogP contribution in [0.3, 0.4) is 0 Å². The smallest absolute Gasteiger partial charge is 0.231 e. The zero-order valence-electron chi connectivity index (χ0n) is 11.5. The van der Waals surface area contributed by atoms with Crippen LogP contribution < -0.4 is 14.8 Å². The topological polar surface area (TPSA) is 30.5 Å². The maximum absolute atomic E-state index is 5.39. The predicted octanol–water partition coefficient (Wildman–Crippen LogP) is 2.94. The molecule has 0 radical (unpaired) electrons. The molecule has 1 N–H and O–H groups in total. The molecule has 1 heterocycles. The number of nitrogens with one attached hydrogen (secondary N) is 1. The van der Waals surface area contributed by atoms with Gasteiger partial charge in [-0.05, 0) is 28.5 Å². The second-order valence-electron chi connectivity index (χ2n) is 6.44. The molecule has 3 rings (SSSR count). The van der Waals surface area contributed by atoms with Gasteiger partial charge in [0.15, 0.2) is 11.5 Å². The number of hydrogen-bond donors (Lipinski definition) is 1. The highest BCUT2D eigenvalue weighted by atomic mass is 16.7. The van der Waals surface area contributed by atoms with Crippen LogP contribution in [0.15, 0.2) is 18.2 Å². The summed E-state index contributed by atoms with van der Waals surface area (Å²) in [7, 11) is 0. The van der Waals surface area contributed by atoms with Crippen LogP contribution in [0, 0.1) is 10.8 Å². The fourth-order valence-electron chi connectivity index (χ4n) is 2.98. The zero-order chi connectivity index (χ0) is 13.0. The van der Waals surface area contributed by atoms with Crippen LogP contribution in [-0.4, -0.2) is 12.8 Å². The van der Waals surface area contributed by atoms with Gasteiger partial charge in [-0.25, -0.2) is 0 Å². The third-order valence-electron chi connectivity index (χ3n) is 4.97. The number of hydrogen-bond acceptors (Lipinski definition) is 3. The molecule has 98 valence electrons. The average Bonchev–Trinajstić information content (AvgIpc) is 2.70. The predicted molar refractivity (Wildman–Crippen MR) is 70.8 cm³/mol. The molecule has 1 aromatic carbocycles. The molecule has 2 aliphatic rings. The van der Waals surface area contributed by atoms with E-state index >= 15 is 0 Å². The quantitative estimate of drug-likeness (QED) is 0.890. The standard InChI is InChI=1S/C15H21NO2/c1-14(2)13(15(14,3)4)16-8-10-5-6-11-12(7-10)18-9-17-11/h5-7,13,16H,8-9H2,1-4H3. The largest absolute Gasteiger partial charge is 0.454 e. The van der Waals surface area contributed by atoms with Gasteiger partial charge >= 0.3 is 0 Å². The molecule has 1 aliphatic heterocycles. The lowest BCUT2D eigenvalue weighted by molar-refractivity contribution is 0.174. The molecule has 3 nitrogen and oxygen atoms in total. The van der Waals surface area contributed by atoms with Crippen molar-refractivity contribution in [2.75, 3.05) is 6.79 Å². The summed E-state index contributed by atoms with van der Waals surface area (Å²) < 4.78 is 10.7. The zero-order valence-corrected chi connectivity index (χ0v) is 11.5. The molecule has 0 atom stereocenters. The fourth-order valence-corrected chi connectivity index (χ4v) is 2.98. The summed E-state index contributed by atoms with van der Waals surface area (Å²) in [6, 6.07) is 6.73. The van der Waals surface area contributed by atoms with Crippen LogP contribution in [0.2, 0.25) is 0 Å². The second kappa shape index (κ2) is 3.64. The van der Waals surface area contributed by atoms with Crippen LogP contribution in [0.5, 0.6) is 11.5 Å². The van der Waals surface area contributed by atoms with Crippen molar-refractivity contribution in [1.82, 2.24) is 5.32 Å². The van der Waals surface area contributed by atoms with E-state index in [1.54, 1.807) is 0 Å². The summed E-state index contributed by atoms with van der Waals surface area (Å²) in [6.07, 6.45) is 0. The average molecular weight is 247 g/mol. The first-order valence-electron chi connectivity index (χ1n) is 6.55. The van der Waals surface area contributed by atoms with Gasteiger partial charge in [-0.1, -0.05) is 33.8 Å². The number of ether oxygens (including phenoxy) is 2. The lowest BCUT2D eigenvalue weighted by atomic mass is 10.0. The molecule has 0 spiro atoms. The van der Waals surface area contributed by atoms with Crippen LogP contribution in [0.25, 0.3) is 0 Å². The van der Waals surface area contributed by atoms with Gasteiger partial charge in [0, 0.05) is 12.6 Å². The van der Waals surface area contributed by atoms with E-state index in [1.165, 1.54) is 5.56 Å². The normalized spacial score (nSPS) is 23.1. The maximum atomic E-state index is 5.39. The van der Waals surface area contributed by atoms with E-state index in [0.29, 0.717) is 23.7 Å². The van der Waals surface area contributed by atoms with Gasteiger partial charge < -0.3 is 14.8 Å².